The first-order chi connectivity index (χ1) is 16.6. The van der Waals surface area contributed by atoms with E-state index in [2.05, 4.69) is 20.8 Å². The molecule has 0 aliphatic heterocycles. The first-order valence-corrected chi connectivity index (χ1v) is 12.2. The third kappa shape index (κ3) is 5.26. The first-order valence-electron chi connectivity index (χ1n) is 10.3. The predicted molar refractivity (Wildman–Crippen MR) is 131 cm³/mol. The lowest BCUT2D eigenvalue weighted by molar-refractivity contribution is -0.113. The number of amides is 1. The van der Waals surface area contributed by atoms with Gasteiger partial charge in [-0.2, -0.15) is 4.68 Å². The van der Waals surface area contributed by atoms with Crippen molar-refractivity contribution in [2.24, 2.45) is 0 Å². The molecule has 174 valence electrons. The monoisotopic (exact) mass is 495 g/mol. The second-order valence-electron chi connectivity index (χ2n) is 6.85. The van der Waals surface area contributed by atoms with Crippen molar-refractivity contribution in [1.82, 2.24) is 20.2 Å². The second kappa shape index (κ2) is 10.9. The van der Waals surface area contributed by atoms with Gasteiger partial charge in [0.1, 0.15) is 16.3 Å². The molecule has 0 unspecified atom stereocenters. The van der Waals surface area contributed by atoms with E-state index in [1.807, 2.05) is 60.0 Å². The minimum Gasteiger partial charge on any atom is -0.497 e. The van der Waals surface area contributed by atoms with Gasteiger partial charge in [-0.1, -0.05) is 42.1 Å². The highest BCUT2D eigenvalue weighted by atomic mass is 32.2. The lowest BCUT2D eigenvalue weighted by atomic mass is 10.0. The summed E-state index contributed by atoms with van der Waals surface area (Å²) < 4.78 is 12.0. The number of nitrogens with zero attached hydrogens (tertiary/aromatic N) is 4. The normalized spacial score (nSPS) is 10.6. The van der Waals surface area contributed by atoms with Crippen molar-refractivity contribution in [3.8, 4) is 22.6 Å². The zero-order valence-corrected chi connectivity index (χ0v) is 20.1. The molecule has 0 atom stereocenters. The molecule has 0 saturated heterocycles. The van der Waals surface area contributed by atoms with Crippen LogP contribution in [0.2, 0.25) is 0 Å². The van der Waals surface area contributed by atoms with Crippen LogP contribution < -0.4 is 10.1 Å². The molecule has 0 bridgehead atoms. The van der Waals surface area contributed by atoms with E-state index in [1.165, 1.54) is 23.1 Å². The largest absolute Gasteiger partial charge is 0.497 e. The third-order valence-corrected chi connectivity index (χ3v) is 6.51. The molecule has 4 aromatic rings. The standard InChI is InChI=1S/C23H21N5O4S2/c1-3-32-22(30)20-18(15-9-11-17(31-2)12-10-15)13-33-21(20)24-19(29)14-34-23-25-26-27-28(23)16-7-5-4-6-8-16/h4-13H,3,14H2,1-2H3,(H,24,29). The molecule has 9 nitrogen and oxygen atoms in total. The summed E-state index contributed by atoms with van der Waals surface area (Å²) in [7, 11) is 1.59. The van der Waals surface area contributed by atoms with Crippen molar-refractivity contribution in [2.75, 3.05) is 24.8 Å². The van der Waals surface area contributed by atoms with Crippen LogP contribution in [0.3, 0.4) is 0 Å². The zero-order valence-electron chi connectivity index (χ0n) is 18.4. The van der Waals surface area contributed by atoms with E-state index in [0.717, 1.165) is 11.3 Å². The summed E-state index contributed by atoms with van der Waals surface area (Å²) in [5.74, 6) is -0.0162. The number of carbonyl (C=O) groups is 2. The van der Waals surface area contributed by atoms with Crippen molar-refractivity contribution in [3.63, 3.8) is 0 Å². The van der Waals surface area contributed by atoms with Gasteiger partial charge in [0.25, 0.3) is 0 Å². The number of methoxy groups -OCH3 is 1. The maximum Gasteiger partial charge on any atom is 0.341 e. The Morgan fingerprint density at radius 2 is 1.88 bits per heavy atom. The minimum absolute atomic E-state index is 0.0608. The number of ether oxygens (including phenoxy) is 2. The summed E-state index contributed by atoms with van der Waals surface area (Å²) in [5, 5.41) is 17.3. The van der Waals surface area contributed by atoms with Crippen LogP contribution in [0.15, 0.2) is 65.1 Å². The van der Waals surface area contributed by atoms with Gasteiger partial charge in [0.15, 0.2) is 0 Å². The van der Waals surface area contributed by atoms with Gasteiger partial charge in [-0.3, -0.25) is 4.79 Å². The molecule has 0 spiro atoms. The molecule has 0 radical (unpaired) electrons. The number of hydrogen-bond donors (Lipinski definition) is 1. The van der Waals surface area contributed by atoms with Crippen LogP contribution in [0.5, 0.6) is 5.75 Å². The molecule has 0 aliphatic carbocycles. The summed E-state index contributed by atoms with van der Waals surface area (Å²) in [5.41, 5.74) is 2.62. The highest BCUT2D eigenvalue weighted by Crippen LogP contribution is 2.37. The van der Waals surface area contributed by atoms with Gasteiger partial charge in [-0.25, -0.2) is 4.79 Å². The molecule has 2 aromatic heterocycles. The number of hydrogen-bond acceptors (Lipinski definition) is 9. The van der Waals surface area contributed by atoms with Gasteiger partial charge in [-0.15, -0.1) is 16.4 Å². The van der Waals surface area contributed by atoms with Crippen molar-refractivity contribution in [3.05, 3.63) is 65.5 Å². The average molecular weight is 496 g/mol. The van der Waals surface area contributed by atoms with Crippen LogP contribution in [-0.4, -0.2) is 51.6 Å². The van der Waals surface area contributed by atoms with Gasteiger partial charge in [-0.05, 0) is 47.2 Å². The molecule has 2 heterocycles. The Labute approximate surface area is 204 Å². The molecule has 34 heavy (non-hydrogen) atoms. The van der Waals surface area contributed by atoms with Crippen LogP contribution in [0, 0.1) is 0 Å². The quantitative estimate of drug-likeness (QED) is 0.270. The number of carbonyl (C=O) groups excluding carboxylic acids is 2. The van der Waals surface area contributed by atoms with Gasteiger partial charge < -0.3 is 14.8 Å². The number of thioether (sulfide) groups is 1. The fraction of sp³-hybridized carbons (Fsp3) is 0.174. The molecule has 1 N–H and O–H groups in total. The van der Waals surface area contributed by atoms with Gasteiger partial charge >= 0.3 is 5.97 Å². The average Bonchev–Trinajstić information content (AvgIpc) is 3.51. The number of benzene rings is 2. The van der Waals surface area contributed by atoms with Crippen LogP contribution in [-0.2, 0) is 9.53 Å². The number of tetrazole rings is 1. The Morgan fingerprint density at radius 1 is 1.12 bits per heavy atom. The maximum absolute atomic E-state index is 12.7. The van der Waals surface area contributed by atoms with Crippen LogP contribution >= 0.6 is 23.1 Å². The fourth-order valence-electron chi connectivity index (χ4n) is 3.13. The highest BCUT2D eigenvalue weighted by molar-refractivity contribution is 7.99. The lowest BCUT2D eigenvalue weighted by Gasteiger charge is -2.09. The number of nitrogens with one attached hydrogen (secondary N) is 1. The van der Waals surface area contributed by atoms with Crippen LogP contribution in [0.1, 0.15) is 17.3 Å². The molecular weight excluding hydrogens is 474 g/mol. The Balaban J connectivity index is 1.51. The van der Waals surface area contributed by atoms with E-state index in [4.69, 9.17) is 9.47 Å². The van der Waals surface area contributed by atoms with Crippen LogP contribution in [0.25, 0.3) is 16.8 Å². The zero-order chi connectivity index (χ0) is 23.9. The molecular formula is C23H21N5O4S2. The summed E-state index contributed by atoms with van der Waals surface area (Å²) in [6.07, 6.45) is 0. The van der Waals surface area contributed by atoms with Crippen molar-refractivity contribution in [1.29, 1.82) is 0 Å². The number of aromatic nitrogens is 4. The Morgan fingerprint density at radius 3 is 2.59 bits per heavy atom. The van der Waals surface area contributed by atoms with E-state index in [1.54, 1.807) is 18.7 Å². The lowest BCUT2D eigenvalue weighted by Crippen LogP contribution is -2.16. The summed E-state index contributed by atoms with van der Waals surface area (Å²) >= 11 is 2.47. The van der Waals surface area contributed by atoms with E-state index >= 15 is 0 Å². The number of thiophene rings is 1. The second-order valence-corrected chi connectivity index (χ2v) is 8.67. The van der Waals surface area contributed by atoms with Crippen LogP contribution in [0.4, 0.5) is 5.00 Å². The van der Waals surface area contributed by atoms with Gasteiger partial charge in [0, 0.05) is 10.9 Å². The summed E-state index contributed by atoms with van der Waals surface area (Å²) in [6, 6.07) is 16.7. The van der Waals surface area contributed by atoms with Crippen molar-refractivity contribution >= 4 is 40.0 Å². The van der Waals surface area contributed by atoms with E-state index in [9.17, 15) is 9.59 Å². The predicted octanol–water partition coefficient (Wildman–Crippen LogP) is 4.31. The topological polar surface area (TPSA) is 108 Å². The van der Waals surface area contributed by atoms with Crippen molar-refractivity contribution < 1.29 is 19.1 Å². The molecule has 1 amide bonds. The Bertz CT molecular complexity index is 1270. The molecule has 11 heteroatoms. The fourth-order valence-corrected chi connectivity index (χ4v) is 4.80. The number of esters is 1. The van der Waals surface area contributed by atoms with E-state index < -0.39 is 5.97 Å². The van der Waals surface area contributed by atoms with E-state index in [-0.39, 0.29) is 18.3 Å². The maximum atomic E-state index is 12.7. The first kappa shape index (κ1) is 23.5. The summed E-state index contributed by atoms with van der Waals surface area (Å²) in [6.45, 7) is 1.96. The third-order valence-electron chi connectivity index (χ3n) is 4.70. The van der Waals surface area contributed by atoms with Crippen molar-refractivity contribution in [2.45, 2.75) is 12.1 Å². The Hall–Kier alpha value is -3.70. The van der Waals surface area contributed by atoms with Gasteiger partial charge in [0.2, 0.25) is 11.1 Å². The Kier molecular flexibility index (Phi) is 7.55. The molecule has 2 aromatic carbocycles. The number of anilines is 1. The highest BCUT2D eigenvalue weighted by Gasteiger charge is 2.23. The number of para-hydroxylation sites is 1. The SMILES string of the molecule is CCOC(=O)c1c(-c2ccc(OC)cc2)csc1NC(=O)CSc1nnnn1-c1ccccc1. The van der Waals surface area contributed by atoms with E-state index in [0.29, 0.717) is 27.0 Å². The van der Waals surface area contributed by atoms with Gasteiger partial charge in [0.05, 0.1) is 25.2 Å². The molecule has 0 aliphatic rings. The minimum atomic E-state index is -0.495. The number of rotatable bonds is 9. The smallest absolute Gasteiger partial charge is 0.341 e. The molecule has 0 fully saturated rings. The molecule has 0 saturated carbocycles. The summed E-state index contributed by atoms with van der Waals surface area (Å²) in [4.78, 5) is 25.5. The molecule has 4 rings (SSSR count).